The van der Waals surface area contributed by atoms with Crippen LogP contribution in [-0.4, -0.2) is 16.8 Å². The molecule has 0 aliphatic carbocycles. The molecule has 4 rings (SSSR count). The van der Waals surface area contributed by atoms with Gasteiger partial charge in [-0.1, -0.05) is 60.7 Å². The van der Waals surface area contributed by atoms with E-state index in [1.807, 2.05) is 36.4 Å². The van der Waals surface area contributed by atoms with Gasteiger partial charge in [-0.25, -0.2) is 4.79 Å². The lowest BCUT2D eigenvalue weighted by Gasteiger charge is -2.10. The van der Waals surface area contributed by atoms with Gasteiger partial charge in [0.1, 0.15) is 17.4 Å². The number of nitriles is 1. The molecule has 0 heterocycles. The molecule has 8 heteroatoms. The first-order valence-corrected chi connectivity index (χ1v) is 10.4. The van der Waals surface area contributed by atoms with Crippen molar-refractivity contribution in [2.45, 2.75) is 0 Å². The van der Waals surface area contributed by atoms with E-state index < -0.39 is 16.8 Å². The van der Waals surface area contributed by atoms with Crippen molar-refractivity contribution in [3.8, 4) is 11.8 Å². The van der Waals surface area contributed by atoms with Crippen LogP contribution in [0.25, 0.3) is 16.8 Å². The zero-order valence-electron chi connectivity index (χ0n) is 18.2. The van der Waals surface area contributed by atoms with E-state index in [0.29, 0.717) is 11.1 Å². The number of hydrogen-bond acceptors (Lipinski definition) is 6. The first-order chi connectivity index (χ1) is 17.0. The third-order valence-corrected chi connectivity index (χ3v) is 5.11. The van der Waals surface area contributed by atoms with Crippen molar-refractivity contribution in [2.24, 2.45) is 0 Å². The van der Waals surface area contributed by atoms with E-state index in [2.05, 4.69) is 5.32 Å². The molecule has 0 aliphatic heterocycles. The average molecular weight is 463 g/mol. The zero-order valence-corrected chi connectivity index (χ0v) is 18.2. The summed E-state index contributed by atoms with van der Waals surface area (Å²) in [6, 6.07) is 26.4. The number of para-hydroxylation sites is 1. The molecule has 4 aromatic rings. The van der Waals surface area contributed by atoms with Gasteiger partial charge in [-0.05, 0) is 35.0 Å². The Morgan fingerprint density at radius 3 is 2.46 bits per heavy atom. The molecular weight excluding hydrogens is 446 g/mol. The van der Waals surface area contributed by atoms with Crippen LogP contribution in [0.15, 0.2) is 96.6 Å². The van der Waals surface area contributed by atoms with Gasteiger partial charge in [-0.3, -0.25) is 14.9 Å². The molecule has 1 amide bonds. The second kappa shape index (κ2) is 10.1. The average Bonchev–Trinajstić information content (AvgIpc) is 2.87. The number of nitro groups is 1. The summed E-state index contributed by atoms with van der Waals surface area (Å²) in [6.07, 6.45) is 1.29. The molecule has 8 nitrogen and oxygen atoms in total. The Hall–Kier alpha value is -5.29. The Bertz CT molecular complexity index is 1530. The lowest BCUT2D eigenvalue weighted by atomic mass is 10.0. The van der Waals surface area contributed by atoms with Gasteiger partial charge in [-0.2, -0.15) is 5.26 Å². The number of carbonyl (C=O) groups is 2. The monoisotopic (exact) mass is 463 g/mol. The van der Waals surface area contributed by atoms with E-state index in [-0.39, 0.29) is 22.7 Å². The van der Waals surface area contributed by atoms with Crippen LogP contribution in [0.5, 0.6) is 5.75 Å². The quantitative estimate of drug-likeness (QED) is 0.100. The van der Waals surface area contributed by atoms with E-state index in [4.69, 9.17) is 4.74 Å². The Balaban J connectivity index is 1.60. The summed E-state index contributed by atoms with van der Waals surface area (Å²) >= 11 is 0. The first-order valence-electron chi connectivity index (χ1n) is 10.4. The normalized spacial score (nSPS) is 10.9. The van der Waals surface area contributed by atoms with Crippen molar-refractivity contribution >= 4 is 40.1 Å². The van der Waals surface area contributed by atoms with Crippen LogP contribution in [0.2, 0.25) is 0 Å². The third kappa shape index (κ3) is 5.21. The van der Waals surface area contributed by atoms with Crippen molar-refractivity contribution < 1.29 is 19.2 Å². The number of carbonyl (C=O) groups excluding carboxylic acids is 2. The van der Waals surface area contributed by atoms with Gasteiger partial charge in [0, 0.05) is 23.4 Å². The van der Waals surface area contributed by atoms with Gasteiger partial charge < -0.3 is 10.1 Å². The third-order valence-electron chi connectivity index (χ3n) is 5.11. The van der Waals surface area contributed by atoms with Crippen molar-refractivity contribution in [3.63, 3.8) is 0 Å². The Morgan fingerprint density at radius 1 is 0.943 bits per heavy atom. The van der Waals surface area contributed by atoms with Crippen molar-refractivity contribution in [2.75, 3.05) is 5.32 Å². The lowest BCUT2D eigenvalue weighted by molar-refractivity contribution is -0.384. The number of ether oxygens (including phenoxy) is 1. The van der Waals surface area contributed by atoms with Crippen LogP contribution in [-0.2, 0) is 4.79 Å². The zero-order chi connectivity index (χ0) is 24.8. The number of rotatable bonds is 6. The minimum atomic E-state index is -0.761. The molecular formula is C27H17N3O5. The number of esters is 1. The molecule has 0 unspecified atom stereocenters. The summed E-state index contributed by atoms with van der Waals surface area (Å²) in [5.41, 5.74) is 0.416. The largest absolute Gasteiger partial charge is 0.422 e. The number of benzene rings is 4. The van der Waals surface area contributed by atoms with E-state index in [1.165, 1.54) is 30.3 Å². The molecule has 0 aliphatic rings. The first kappa shape index (κ1) is 22.9. The van der Waals surface area contributed by atoms with Crippen LogP contribution in [0, 0.1) is 21.4 Å². The number of nitrogens with one attached hydrogen (secondary N) is 1. The Labute approximate surface area is 199 Å². The molecule has 0 atom stereocenters. The standard InChI is InChI=1S/C27H17N3O5/c28-17-20(26(31)29-21-10-6-11-22(16-21)30(33)34)15-19-8-2-4-14-25(19)35-27(32)24-13-5-9-18-7-1-3-12-23(18)24/h1-16H,(H,29,31)/b20-15+. The summed E-state index contributed by atoms with van der Waals surface area (Å²) in [6.45, 7) is 0. The highest BCUT2D eigenvalue weighted by atomic mass is 16.6. The number of amides is 1. The van der Waals surface area contributed by atoms with Gasteiger partial charge in [0.05, 0.1) is 10.5 Å². The van der Waals surface area contributed by atoms with Gasteiger partial charge in [0.15, 0.2) is 0 Å². The fraction of sp³-hybridized carbons (Fsp3) is 0. The highest BCUT2D eigenvalue weighted by Crippen LogP contribution is 2.25. The predicted octanol–water partition coefficient (Wildman–Crippen LogP) is 5.51. The fourth-order valence-corrected chi connectivity index (χ4v) is 3.45. The van der Waals surface area contributed by atoms with Gasteiger partial charge in [0.25, 0.3) is 11.6 Å². The number of nitrogens with zero attached hydrogens (tertiary/aromatic N) is 2. The second-order valence-electron chi connectivity index (χ2n) is 7.39. The molecule has 1 N–H and O–H groups in total. The summed E-state index contributed by atoms with van der Waals surface area (Å²) in [5.74, 6) is -1.17. The molecule has 0 bridgehead atoms. The minimum absolute atomic E-state index is 0.168. The highest BCUT2D eigenvalue weighted by molar-refractivity contribution is 6.10. The van der Waals surface area contributed by atoms with Gasteiger partial charge >= 0.3 is 5.97 Å². The summed E-state index contributed by atoms with van der Waals surface area (Å²) in [5, 5.41) is 24.6. The minimum Gasteiger partial charge on any atom is -0.422 e. The molecule has 170 valence electrons. The van der Waals surface area contributed by atoms with Crippen LogP contribution in [0.4, 0.5) is 11.4 Å². The molecule has 4 aromatic carbocycles. The van der Waals surface area contributed by atoms with E-state index in [9.17, 15) is 25.0 Å². The van der Waals surface area contributed by atoms with Crippen LogP contribution >= 0.6 is 0 Å². The number of hydrogen-bond donors (Lipinski definition) is 1. The van der Waals surface area contributed by atoms with Crippen LogP contribution < -0.4 is 10.1 Å². The van der Waals surface area contributed by atoms with Crippen molar-refractivity contribution in [3.05, 3.63) is 118 Å². The number of anilines is 1. The van der Waals surface area contributed by atoms with E-state index >= 15 is 0 Å². The fourth-order valence-electron chi connectivity index (χ4n) is 3.45. The molecule has 35 heavy (non-hydrogen) atoms. The van der Waals surface area contributed by atoms with Crippen molar-refractivity contribution in [1.82, 2.24) is 0 Å². The molecule has 0 saturated heterocycles. The summed E-state index contributed by atoms with van der Waals surface area (Å²) in [4.78, 5) is 36.0. The van der Waals surface area contributed by atoms with E-state index in [1.54, 1.807) is 36.4 Å². The van der Waals surface area contributed by atoms with Gasteiger partial charge in [-0.15, -0.1) is 0 Å². The predicted molar refractivity (Wildman–Crippen MR) is 131 cm³/mol. The molecule has 0 fully saturated rings. The highest BCUT2D eigenvalue weighted by Gasteiger charge is 2.16. The Morgan fingerprint density at radius 2 is 1.66 bits per heavy atom. The number of non-ortho nitro benzene ring substituents is 1. The Kier molecular flexibility index (Phi) is 6.61. The maximum absolute atomic E-state index is 13.0. The topological polar surface area (TPSA) is 122 Å². The lowest BCUT2D eigenvalue weighted by Crippen LogP contribution is -2.14. The summed E-state index contributed by atoms with van der Waals surface area (Å²) in [7, 11) is 0. The van der Waals surface area contributed by atoms with Crippen LogP contribution in [0.1, 0.15) is 15.9 Å². The molecule has 0 radical (unpaired) electrons. The summed E-state index contributed by atoms with van der Waals surface area (Å²) < 4.78 is 5.63. The molecule has 0 spiro atoms. The maximum Gasteiger partial charge on any atom is 0.344 e. The van der Waals surface area contributed by atoms with Crippen molar-refractivity contribution in [1.29, 1.82) is 5.26 Å². The number of nitro benzene ring substituents is 1. The van der Waals surface area contributed by atoms with Crippen LogP contribution in [0.3, 0.4) is 0 Å². The molecule has 0 aromatic heterocycles. The number of fused-ring (bicyclic) bond motifs is 1. The van der Waals surface area contributed by atoms with Gasteiger partial charge in [0.2, 0.25) is 0 Å². The SMILES string of the molecule is N#C/C(=C\c1ccccc1OC(=O)c1cccc2ccccc12)C(=O)Nc1cccc([N+](=O)[O-])c1. The van der Waals surface area contributed by atoms with E-state index in [0.717, 1.165) is 10.8 Å². The second-order valence-corrected chi connectivity index (χ2v) is 7.39. The smallest absolute Gasteiger partial charge is 0.344 e. The molecule has 0 saturated carbocycles. The maximum atomic E-state index is 13.0.